The summed E-state index contributed by atoms with van der Waals surface area (Å²) in [6, 6.07) is 9.32. The Hall–Kier alpha value is -2.01. The number of benzene rings is 1. The van der Waals surface area contributed by atoms with E-state index < -0.39 is 0 Å². The van der Waals surface area contributed by atoms with E-state index in [2.05, 4.69) is 14.7 Å². The number of rotatable bonds is 2. The van der Waals surface area contributed by atoms with Gasteiger partial charge in [0.25, 0.3) is 5.89 Å². The second-order valence-electron chi connectivity index (χ2n) is 2.44. The minimum absolute atomic E-state index is 0. The van der Waals surface area contributed by atoms with Gasteiger partial charge < -0.3 is 10.00 Å². The Morgan fingerprint density at radius 1 is 1.21 bits per heavy atom. The first-order valence-corrected chi connectivity index (χ1v) is 3.74. The predicted octanol–water partition coefficient (Wildman–Crippen LogP) is 0.724. The number of nitrogens with zero attached hydrogens (tertiary/aromatic N) is 2. The summed E-state index contributed by atoms with van der Waals surface area (Å²) in [5, 5.41) is 3.64. The van der Waals surface area contributed by atoms with Gasteiger partial charge in [-0.3, -0.25) is 4.79 Å². The van der Waals surface area contributed by atoms with Crippen molar-refractivity contribution in [3.8, 4) is 11.4 Å². The first-order valence-electron chi connectivity index (χ1n) is 3.74. The van der Waals surface area contributed by atoms with Gasteiger partial charge in [0.2, 0.25) is 12.1 Å². The van der Waals surface area contributed by atoms with Crippen LogP contribution >= 0.6 is 0 Å². The molecule has 0 saturated heterocycles. The lowest BCUT2D eigenvalue weighted by Gasteiger charge is -1.89. The molecule has 0 aliphatic heterocycles. The molecular weight excluding hydrogens is 184 g/mol. The third-order valence-electron chi connectivity index (χ3n) is 1.57. The van der Waals surface area contributed by atoms with Gasteiger partial charge in [-0.05, 0) is 0 Å². The molecule has 2 rings (SSSR count). The molecule has 0 unspecified atom stereocenters. The van der Waals surface area contributed by atoms with Crippen LogP contribution in [0.5, 0.6) is 0 Å². The normalized spacial score (nSPS) is 9.14. The lowest BCUT2D eigenvalue weighted by atomic mass is 10.2. The summed E-state index contributed by atoms with van der Waals surface area (Å²) >= 11 is 0. The van der Waals surface area contributed by atoms with Gasteiger partial charge in [-0.15, -0.1) is 0 Å². The van der Waals surface area contributed by atoms with Crippen LogP contribution in [0.4, 0.5) is 0 Å². The molecule has 0 radical (unpaired) electrons. The predicted molar refractivity (Wildman–Crippen MR) is 48.7 cm³/mol. The standard InChI is InChI=1S/C9H6N2O2.H2O/c12-6-8-10-9(11-13-8)7-4-2-1-3-5-7;/h1-6H;1H2. The van der Waals surface area contributed by atoms with Crippen molar-refractivity contribution >= 4 is 6.29 Å². The third kappa shape index (κ3) is 1.83. The minimum Gasteiger partial charge on any atom is -0.412 e. The summed E-state index contributed by atoms with van der Waals surface area (Å²) in [5.74, 6) is 0.432. The SMILES string of the molecule is O.O=Cc1nc(-c2ccccc2)no1. The quantitative estimate of drug-likeness (QED) is 0.656. The molecule has 1 heterocycles. The number of carbonyl (C=O) groups excluding carboxylic acids is 1. The van der Waals surface area contributed by atoms with Crippen LogP contribution in [0.3, 0.4) is 0 Å². The van der Waals surface area contributed by atoms with Crippen LogP contribution in [0.2, 0.25) is 0 Å². The molecular formula is C9H8N2O3. The van der Waals surface area contributed by atoms with Crippen LogP contribution in [0, 0.1) is 0 Å². The van der Waals surface area contributed by atoms with Crippen molar-refractivity contribution in [1.82, 2.24) is 10.1 Å². The van der Waals surface area contributed by atoms with Gasteiger partial charge in [-0.2, -0.15) is 4.98 Å². The molecule has 2 N–H and O–H groups in total. The van der Waals surface area contributed by atoms with E-state index in [1.807, 2.05) is 30.3 Å². The van der Waals surface area contributed by atoms with Crippen LogP contribution in [0.1, 0.15) is 10.7 Å². The fourth-order valence-electron chi connectivity index (χ4n) is 0.988. The van der Waals surface area contributed by atoms with E-state index in [0.29, 0.717) is 12.1 Å². The van der Waals surface area contributed by atoms with Crippen molar-refractivity contribution in [2.45, 2.75) is 0 Å². The first kappa shape index (κ1) is 10.1. The van der Waals surface area contributed by atoms with Gasteiger partial charge in [-0.25, -0.2) is 0 Å². The number of carbonyl (C=O) groups is 1. The van der Waals surface area contributed by atoms with Crippen molar-refractivity contribution in [1.29, 1.82) is 0 Å². The van der Waals surface area contributed by atoms with Crippen molar-refractivity contribution < 1.29 is 14.8 Å². The average Bonchev–Trinajstić information content (AvgIpc) is 2.67. The number of hydrogen-bond acceptors (Lipinski definition) is 4. The number of aldehydes is 1. The van der Waals surface area contributed by atoms with E-state index >= 15 is 0 Å². The molecule has 1 aromatic carbocycles. The Bertz CT molecular complexity index is 411. The molecule has 0 spiro atoms. The van der Waals surface area contributed by atoms with E-state index in [4.69, 9.17) is 0 Å². The summed E-state index contributed by atoms with van der Waals surface area (Å²) in [5.41, 5.74) is 0.833. The van der Waals surface area contributed by atoms with Gasteiger partial charge in [-0.1, -0.05) is 35.5 Å². The molecule has 2 aromatic rings. The largest absolute Gasteiger partial charge is 0.412 e. The molecule has 0 aliphatic rings. The topological polar surface area (TPSA) is 87.5 Å². The van der Waals surface area contributed by atoms with E-state index in [9.17, 15) is 4.79 Å². The second-order valence-corrected chi connectivity index (χ2v) is 2.44. The molecule has 5 heteroatoms. The number of aromatic nitrogens is 2. The summed E-state index contributed by atoms with van der Waals surface area (Å²) in [7, 11) is 0. The zero-order valence-corrected chi connectivity index (χ0v) is 7.18. The maximum absolute atomic E-state index is 10.3. The lowest BCUT2D eigenvalue weighted by Crippen LogP contribution is -1.80. The number of hydrogen-bond donors (Lipinski definition) is 0. The maximum Gasteiger partial charge on any atom is 0.291 e. The van der Waals surface area contributed by atoms with Crippen LogP contribution in [-0.4, -0.2) is 21.9 Å². The molecule has 72 valence electrons. The van der Waals surface area contributed by atoms with E-state index in [1.165, 1.54) is 0 Å². The summed E-state index contributed by atoms with van der Waals surface area (Å²) in [6.07, 6.45) is 0.527. The lowest BCUT2D eigenvalue weighted by molar-refractivity contribution is 0.108. The van der Waals surface area contributed by atoms with Crippen LogP contribution in [0.15, 0.2) is 34.9 Å². The monoisotopic (exact) mass is 192 g/mol. The second kappa shape index (κ2) is 4.29. The highest BCUT2D eigenvalue weighted by molar-refractivity contribution is 5.68. The molecule has 0 saturated carbocycles. The Kier molecular flexibility index (Phi) is 3.09. The maximum atomic E-state index is 10.3. The molecule has 1 aromatic heterocycles. The summed E-state index contributed by atoms with van der Waals surface area (Å²) in [6.45, 7) is 0. The van der Waals surface area contributed by atoms with Gasteiger partial charge in [0.05, 0.1) is 0 Å². The van der Waals surface area contributed by atoms with Crippen LogP contribution < -0.4 is 0 Å². The smallest absolute Gasteiger partial charge is 0.291 e. The highest BCUT2D eigenvalue weighted by Crippen LogP contribution is 2.13. The summed E-state index contributed by atoms with van der Waals surface area (Å²) in [4.78, 5) is 14.1. The van der Waals surface area contributed by atoms with Gasteiger partial charge in [0.1, 0.15) is 0 Å². The van der Waals surface area contributed by atoms with Crippen molar-refractivity contribution in [3.63, 3.8) is 0 Å². The molecule has 5 nitrogen and oxygen atoms in total. The Labute approximate surface area is 79.7 Å². The molecule has 0 fully saturated rings. The van der Waals surface area contributed by atoms with E-state index in [0.717, 1.165) is 5.56 Å². The molecule has 0 aliphatic carbocycles. The van der Waals surface area contributed by atoms with E-state index in [1.54, 1.807) is 0 Å². The fraction of sp³-hybridized carbons (Fsp3) is 0. The van der Waals surface area contributed by atoms with E-state index in [-0.39, 0.29) is 11.4 Å². The van der Waals surface area contributed by atoms with Gasteiger partial charge in [0, 0.05) is 5.56 Å². The highest BCUT2D eigenvalue weighted by atomic mass is 16.5. The molecule has 0 bridgehead atoms. The minimum atomic E-state index is -0.00106. The summed E-state index contributed by atoms with van der Waals surface area (Å²) < 4.78 is 4.64. The first-order chi connectivity index (χ1) is 6.40. The van der Waals surface area contributed by atoms with Crippen LogP contribution in [0.25, 0.3) is 11.4 Å². The Morgan fingerprint density at radius 2 is 1.93 bits per heavy atom. The van der Waals surface area contributed by atoms with Crippen molar-refractivity contribution in [3.05, 3.63) is 36.2 Å². The van der Waals surface area contributed by atoms with Gasteiger partial charge in [0.15, 0.2) is 0 Å². The zero-order chi connectivity index (χ0) is 9.10. The zero-order valence-electron chi connectivity index (χ0n) is 7.18. The van der Waals surface area contributed by atoms with Crippen molar-refractivity contribution in [2.24, 2.45) is 0 Å². The molecule has 0 atom stereocenters. The van der Waals surface area contributed by atoms with Gasteiger partial charge >= 0.3 is 0 Å². The average molecular weight is 192 g/mol. The Morgan fingerprint density at radius 3 is 2.50 bits per heavy atom. The van der Waals surface area contributed by atoms with Crippen molar-refractivity contribution in [2.75, 3.05) is 0 Å². The third-order valence-corrected chi connectivity index (χ3v) is 1.57. The molecule has 0 amide bonds. The fourth-order valence-corrected chi connectivity index (χ4v) is 0.988. The molecule has 14 heavy (non-hydrogen) atoms. The highest BCUT2D eigenvalue weighted by Gasteiger charge is 2.05. The van der Waals surface area contributed by atoms with Crippen LogP contribution in [-0.2, 0) is 0 Å². The Balaban J connectivity index is 0.000000980.